The number of hydrogen-bond acceptors (Lipinski definition) is 9. The maximum absolute atomic E-state index is 14.5. The van der Waals surface area contributed by atoms with E-state index >= 15 is 0 Å². The number of halogens is 1. The summed E-state index contributed by atoms with van der Waals surface area (Å²) in [5.41, 5.74) is -5.26. The van der Waals surface area contributed by atoms with Crippen molar-refractivity contribution in [2.45, 2.75) is 69.7 Å². The van der Waals surface area contributed by atoms with Gasteiger partial charge < -0.3 is 30.4 Å². The molecular weight excluding hydrogens is 381 g/mol. The zero-order chi connectivity index (χ0) is 21.3. The number of ether oxygens (including phenoxy) is 1. The zero-order valence-corrected chi connectivity index (χ0v) is 15.6. The molecule has 28 heavy (non-hydrogen) atoms. The molecule has 5 atom stereocenters. The van der Waals surface area contributed by atoms with Gasteiger partial charge in [-0.1, -0.05) is 20.3 Å². The van der Waals surface area contributed by atoms with Crippen molar-refractivity contribution in [1.29, 1.82) is 0 Å². The van der Waals surface area contributed by atoms with Crippen LogP contribution in [0.5, 0.6) is 0 Å². The number of nitrogens with one attached hydrogen (secondary N) is 1. The molecule has 1 saturated heterocycles. The van der Waals surface area contributed by atoms with Gasteiger partial charge in [0.25, 0.3) is 5.56 Å². The number of rotatable bonds is 8. The van der Waals surface area contributed by atoms with Crippen molar-refractivity contribution in [2.24, 2.45) is 0 Å². The van der Waals surface area contributed by atoms with Gasteiger partial charge in [-0.25, -0.2) is 13.8 Å². The average Bonchev–Trinajstić information content (AvgIpc) is 2.87. The first kappa shape index (κ1) is 22.6. The van der Waals surface area contributed by atoms with Gasteiger partial charge in [0.15, 0.2) is 6.30 Å². The van der Waals surface area contributed by atoms with Gasteiger partial charge in [-0.15, -0.1) is 5.06 Å². The predicted molar refractivity (Wildman–Crippen MR) is 91.9 cm³/mol. The van der Waals surface area contributed by atoms with Gasteiger partial charge >= 0.3 is 11.6 Å². The topological polar surface area (TPSA) is 168 Å². The van der Waals surface area contributed by atoms with Gasteiger partial charge in [0.05, 0.1) is 6.61 Å². The van der Waals surface area contributed by atoms with Gasteiger partial charge in [-0.05, 0) is 19.3 Å². The smallest absolute Gasteiger partial charge is 0.332 e. The van der Waals surface area contributed by atoms with Crippen LogP contribution in [0.4, 0.5) is 4.39 Å². The molecule has 11 nitrogen and oxygen atoms in total. The maximum Gasteiger partial charge on any atom is 0.332 e. The molecule has 1 unspecified atom stereocenters. The molecular formula is C16H26FN3O8. The Balaban J connectivity index is 2.64. The number of aryl methyl sites for hydroxylation is 1. The summed E-state index contributed by atoms with van der Waals surface area (Å²) in [6.07, 6.45) is -4.52. The average molecular weight is 407 g/mol. The summed E-state index contributed by atoms with van der Waals surface area (Å²) >= 11 is 0. The highest BCUT2D eigenvalue weighted by atomic mass is 19.1. The van der Waals surface area contributed by atoms with E-state index in [2.05, 4.69) is 0 Å². The summed E-state index contributed by atoms with van der Waals surface area (Å²) < 4.78 is 19.9. The Morgan fingerprint density at radius 1 is 1.39 bits per heavy atom. The van der Waals surface area contributed by atoms with E-state index < -0.39 is 48.0 Å². The second-order valence-electron chi connectivity index (χ2n) is 6.68. The van der Waals surface area contributed by atoms with E-state index in [9.17, 15) is 39.6 Å². The van der Waals surface area contributed by atoms with Crippen molar-refractivity contribution < 1.29 is 34.8 Å². The minimum absolute atomic E-state index is 0.00758. The Morgan fingerprint density at radius 2 is 2.04 bits per heavy atom. The molecule has 1 aliphatic heterocycles. The van der Waals surface area contributed by atoms with Crippen molar-refractivity contribution in [1.82, 2.24) is 14.6 Å². The molecule has 0 amide bonds. The number of alkyl halides is 1. The molecule has 2 rings (SSSR count). The van der Waals surface area contributed by atoms with Gasteiger partial charge in [-0.2, -0.15) is 0 Å². The number of unbranched alkanes of at least 4 members (excludes halogenated alkanes) is 1. The molecule has 1 aromatic heterocycles. The first-order chi connectivity index (χ1) is 13.1. The standard InChI is InChI=1S/C16H26FN3O8/c1-3-5-6-11(17)20(27)15(25)12(22)10(8-21)28-16(15,26)19-7-9(4-2)13(23)18-14(19)24/h7,10-12,21-22,25-27H,3-6,8H2,1-2H3,(H,18,23,24)/t10-,11?,12-,15-,16+/m1/s1. The van der Waals surface area contributed by atoms with E-state index in [1.165, 1.54) is 0 Å². The molecule has 1 fully saturated rings. The van der Waals surface area contributed by atoms with Crippen molar-refractivity contribution >= 4 is 0 Å². The number of hydrogen-bond donors (Lipinski definition) is 6. The van der Waals surface area contributed by atoms with Crippen molar-refractivity contribution in [2.75, 3.05) is 6.61 Å². The molecule has 0 aliphatic carbocycles. The first-order valence-electron chi connectivity index (χ1n) is 8.97. The van der Waals surface area contributed by atoms with E-state index in [-0.39, 0.29) is 23.5 Å². The number of aromatic amines is 1. The molecule has 0 radical (unpaired) electrons. The van der Waals surface area contributed by atoms with E-state index in [0.29, 0.717) is 17.4 Å². The lowest BCUT2D eigenvalue weighted by Gasteiger charge is -2.43. The largest absolute Gasteiger partial charge is 0.394 e. The van der Waals surface area contributed by atoms with Gasteiger partial charge in [0.2, 0.25) is 5.72 Å². The summed E-state index contributed by atoms with van der Waals surface area (Å²) in [4.78, 5) is 26.0. The SMILES string of the molecule is CCCCC(F)N(O)[C@@]1(O)[C@H](O)[C@@H](CO)O[C@]1(O)n1cc(CC)c(=O)[nH]c1=O. The van der Waals surface area contributed by atoms with Crippen LogP contribution >= 0.6 is 0 Å². The van der Waals surface area contributed by atoms with Crippen molar-refractivity contribution in [3.05, 3.63) is 32.6 Å². The summed E-state index contributed by atoms with van der Waals surface area (Å²) in [5, 5.41) is 51.7. The third-order valence-corrected chi connectivity index (χ3v) is 4.87. The number of aliphatic hydroxyl groups is 4. The van der Waals surface area contributed by atoms with Crippen molar-refractivity contribution in [3.63, 3.8) is 0 Å². The fourth-order valence-corrected chi connectivity index (χ4v) is 3.17. The molecule has 1 aliphatic rings. The van der Waals surface area contributed by atoms with Crippen LogP contribution in [-0.4, -0.2) is 71.1 Å². The van der Waals surface area contributed by atoms with Crippen LogP contribution in [0.25, 0.3) is 0 Å². The third-order valence-electron chi connectivity index (χ3n) is 4.87. The highest BCUT2D eigenvalue weighted by Crippen LogP contribution is 2.44. The van der Waals surface area contributed by atoms with Gasteiger partial charge in [-0.3, -0.25) is 9.78 Å². The number of aromatic nitrogens is 2. The van der Waals surface area contributed by atoms with Crippen LogP contribution in [0.2, 0.25) is 0 Å². The maximum atomic E-state index is 14.5. The zero-order valence-electron chi connectivity index (χ0n) is 15.6. The Kier molecular flexibility index (Phi) is 6.76. The molecule has 0 bridgehead atoms. The number of hydroxylamine groups is 2. The Morgan fingerprint density at radius 3 is 2.57 bits per heavy atom. The normalized spacial score (nSPS) is 31.5. The molecule has 6 N–H and O–H groups in total. The Hall–Kier alpha value is -1.67. The number of H-pyrrole nitrogens is 1. The van der Waals surface area contributed by atoms with E-state index in [4.69, 9.17) is 4.74 Å². The summed E-state index contributed by atoms with van der Waals surface area (Å²) in [6, 6.07) is 0. The van der Waals surface area contributed by atoms with Crippen LogP contribution in [0, 0.1) is 0 Å². The Labute approximate surface area is 159 Å². The lowest BCUT2D eigenvalue weighted by Crippen LogP contribution is -2.69. The van der Waals surface area contributed by atoms with Crippen LogP contribution in [0.15, 0.2) is 15.8 Å². The van der Waals surface area contributed by atoms with Crippen LogP contribution in [0.3, 0.4) is 0 Å². The summed E-state index contributed by atoms with van der Waals surface area (Å²) in [7, 11) is 0. The fourth-order valence-electron chi connectivity index (χ4n) is 3.17. The predicted octanol–water partition coefficient (Wildman–Crippen LogP) is -1.68. The second-order valence-corrected chi connectivity index (χ2v) is 6.68. The molecule has 0 spiro atoms. The van der Waals surface area contributed by atoms with Crippen molar-refractivity contribution in [3.8, 4) is 0 Å². The third kappa shape index (κ3) is 3.41. The van der Waals surface area contributed by atoms with E-state index in [0.717, 1.165) is 6.20 Å². The minimum Gasteiger partial charge on any atom is -0.394 e. The number of nitrogens with zero attached hydrogens (tertiary/aromatic N) is 2. The molecule has 160 valence electrons. The molecule has 1 aromatic rings. The lowest BCUT2D eigenvalue weighted by atomic mass is 10.00. The molecule has 2 heterocycles. The van der Waals surface area contributed by atoms with E-state index in [1.807, 2.05) is 4.98 Å². The van der Waals surface area contributed by atoms with E-state index in [1.54, 1.807) is 13.8 Å². The summed E-state index contributed by atoms with van der Waals surface area (Å²) in [6.45, 7) is 2.42. The monoisotopic (exact) mass is 407 g/mol. The first-order valence-corrected chi connectivity index (χ1v) is 8.97. The van der Waals surface area contributed by atoms with Crippen LogP contribution in [-0.2, 0) is 17.1 Å². The highest BCUT2D eigenvalue weighted by Gasteiger charge is 2.71. The lowest BCUT2D eigenvalue weighted by molar-refractivity contribution is -0.428. The Bertz CT molecular complexity index is 801. The second kappa shape index (κ2) is 8.37. The van der Waals surface area contributed by atoms with Gasteiger partial charge in [0, 0.05) is 11.8 Å². The molecule has 0 aromatic carbocycles. The van der Waals surface area contributed by atoms with Gasteiger partial charge in [0.1, 0.15) is 12.2 Å². The minimum atomic E-state index is -3.28. The highest BCUT2D eigenvalue weighted by molar-refractivity contribution is 5.10. The molecule has 12 heteroatoms. The fraction of sp³-hybridized carbons (Fsp3) is 0.750. The quantitative estimate of drug-likeness (QED) is 0.167. The van der Waals surface area contributed by atoms with Crippen LogP contribution < -0.4 is 11.2 Å². The van der Waals surface area contributed by atoms with Crippen LogP contribution in [0.1, 0.15) is 38.7 Å². The molecule has 0 saturated carbocycles. The summed E-state index contributed by atoms with van der Waals surface area (Å²) in [5.74, 6) is -3.23. The number of aliphatic hydroxyl groups excluding tert-OH is 2.